The number of benzene rings is 1. The average Bonchev–Trinajstić information content (AvgIpc) is 3.18. The molecule has 0 unspecified atom stereocenters. The molecule has 146 valence electrons. The lowest BCUT2D eigenvalue weighted by molar-refractivity contribution is -0.0300. The molecular weight excluding hydrogens is 480 g/mol. The predicted octanol–water partition coefficient (Wildman–Crippen LogP) is 1.59. The maximum atomic E-state index is 13.5. The van der Waals surface area contributed by atoms with Gasteiger partial charge in [-0.05, 0) is 30.5 Å². The van der Waals surface area contributed by atoms with E-state index in [9.17, 15) is 19.7 Å². The Kier molecular flexibility index (Phi) is 4.09. The van der Waals surface area contributed by atoms with Crippen molar-refractivity contribution in [2.75, 3.05) is 11.9 Å². The summed E-state index contributed by atoms with van der Waals surface area (Å²) >= 11 is 1.99. The van der Waals surface area contributed by atoms with Crippen molar-refractivity contribution in [3.63, 3.8) is 0 Å². The molecule has 2 saturated carbocycles. The fraction of sp³-hybridized carbons (Fsp3) is 0.389. The second kappa shape index (κ2) is 6.31. The summed E-state index contributed by atoms with van der Waals surface area (Å²) in [5.41, 5.74) is 0.871. The Hall–Kier alpha value is -1.89. The molecule has 2 heterocycles. The molecule has 10 heteroatoms. The summed E-state index contributed by atoms with van der Waals surface area (Å²) in [6.45, 7) is -0.169. The van der Waals surface area contributed by atoms with Crippen molar-refractivity contribution in [3.05, 3.63) is 40.2 Å². The van der Waals surface area contributed by atoms with Gasteiger partial charge in [-0.2, -0.15) is 0 Å². The fourth-order valence-electron chi connectivity index (χ4n) is 4.45. The van der Waals surface area contributed by atoms with Crippen molar-refractivity contribution in [1.82, 2.24) is 19.5 Å². The number of fused-ring (bicyclic) bond motifs is 2. The first-order valence-electron chi connectivity index (χ1n) is 8.84. The molecule has 2 aliphatic rings. The zero-order valence-electron chi connectivity index (χ0n) is 14.5. The molecule has 0 saturated heterocycles. The van der Waals surface area contributed by atoms with E-state index in [4.69, 9.17) is 0 Å². The first-order valence-corrected chi connectivity index (χ1v) is 9.92. The van der Waals surface area contributed by atoms with E-state index in [1.54, 1.807) is 23.0 Å². The standard InChI is InChI=1S/C18H17FIN5O3/c19-8-2-1-3-9(4-8)22-15-11-16(24-17(20)23-15)25(7-21-11)12-10-5-18(10,6-26)14(28)13(12)27/h1-4,7,10,12-14,26-28H,5-6H2,(H,22,23,24)/t10-,12-,13+,14+,18+/m1/s1. The number of anilines is 2. The number of halogens is 2. The molecule has 8 nitrogen and oxygen atoms in total. The van der Waals surface area contributed by atoms with Gasteiger partial charge in [-0.3, -0.25) is 0 Å². The van der Waals surface area contributed by atoms with Gasteiger partial charge in [0.25, 0.3) is 0 Å². The summed E-state index contributed by atoms with van der Waals surface area (Å²) in [5.74, 6) is 0.0100. The SMILES string of the molecule is OC[C@@]12C[C@@H]1[C@@H](n1cnc3c(Nc4cccc(F)c4)nc(I)nc31)[C@H](O)[C@@H]2O. The minimum absolute atomic E-state index is 0.0489. The fourth-order valence-corrected chi connectivity index (χ4v) is 4.92. The monoisotopic (exact) mass is 497 g/mol. The minimum atomic E-state index is -1.02. The average molecular weight is 497 g/mol. The highest BCUT2D eigenvalue weighted by Gasteiger charge is 2.71. The second-order valence-corrected chi connectivity index (χ2v) is 8.39. The number of hydrogen-bond acceptors (Lipinski definition) is 7. The zero-order chi connectivity index (χ0) is 19.6. The smallest absolute Gasteiger partial charge is 0.194 e. The topological polar surface area (TPSA) is 116 Å². The number of aliphatic hydroxyl groups excluding tert-OH is 3. The Morgan fingerprint density at radius 1 is 1.32 bits per heavy atom. The zero-order valence-corrected chi connectivity index (χ0v) is 16.7. The quantitative estimate of drug-likeness (QED) is 0.320. The number of aliphatic hydroxyl groups is 3. The molecule has 2 fully saturated rings. The Morgan fingerprint density at radius 3 is 2.86 bits per heavy atom. The van der Waals surface area contributed by atoms with Gasteiger partial charge in [0.1, 0.15) is 11.9 Å². The summed E-state index contributed by atoms with van der Waals surface area (Å²) in [5, 5.41) is 33.7. The molecule has 0 radical (unpaired) electrons. The van der Waals surface area contributed by atoms with Crippen LogP contribution in [0.1, 0.15) is 12.5 Å². The van der Waals surface area contributed by atoms with Crippen LogP contribution in [0.25, 0.3) is 11.2 Å². The molecule has 2 aliphatic carbocycles. The van der Waals surface area contributed by atoms with Gasteiger partial charge in [-0.15, -0.1) is 0 Å². The van der Waals surface area contributed by atoms with Crippen LogP contribution in [0.4, 0.5) is 15.9 Å². The number of imidazole rings is 1. The van der Waals surface area contributed by atoms with Crippen molar-refractivity contribution >= 4 is 45.3 Å². The molecule has 0 spiro atoms. The summed E-state index contributed by atoms with van der Waals surface area (Å²) in [4.78, 5) is 13.2. The lowest BCUT2D eigenvalue weighted by atomic mass is 10.0. The van der Waals surface area contributed by atoms with Crippen LogP contribution in [-0.4, -0.2) is 53.7 Å². The van der Waals surface area contributed by atoms with E-state index < -0.39 is 23.7 Å². The van der Waals surface area contributed by atoms with E-state index in [0.717, 1.165) is 0 Å². The van der Waals surface area contributed by atoms with Gasteiger partial charge in [-0.1, -0.05) is 6.07 Å². The Morgan fingerprint density at radius 2 is 2.14 bits per heavy atom. The molecule has 0 amide bonds. The van der Waals surface area contributed by atoms with E-state index in [0.29, 0.717) is 32.9 Å². The van der Waals surface area contributed by atoms with Gasteiger partial charge in [0, 0.05) is 33.7 Å². The van der Waals surface area contributed by atoms with Crippen molar-refractivity contribution in [2.45, 2.75) is 24.7 Å². The van der Waals surface area contributed by atoms with Crippen molar-refractivity contribution in [2.24, 2.45) is 11.3 Å². The highest BCUT2D eigenvalue weighted by atomic mass is 127. The van der Waals surface area contributed by atoms with Crippen LogP contribution in [0, 0.1) is 21.0 Å². The predicted molar refractivity (Wildman–Crippen MR) is 106 cm³/mol. The summed E-state index contributed by atoms with van der Waals surface area (Å²) in [6.07, 6.45) is 0.201. The number of nitrogens with one attached hydrogen (secondary N) is 1. The molecule has 5 rings (SSSR count). The van der Waals surface area contributed by atoms with Crippen molar-refractivity contribution < 1.29 is 19.7 Å². The number of rotatable bonds is 4. The molecule has 0 bridgehead atoms. The van der Waals surface area contributed by atoms with Gasteiger partial charge in [0.2, 0.25) is 0 Å². The van der Waals surface area contributed by atoms with Crippen molar-refractivity contribution in [1.29, 1.82) is 0 Å². The largest absolute Gasteiger partial charge is 0.396 e. The minimum Gasteiger partial charge on any atom is -0.396 e. The van der Waals surface area contributed by atoms with Crippen LogP contribution in [0.5, 0.6) is 0 Å². The lowest BCUT2D eigenvalue weighted by Crippen LogP contribution is -2.35. The Labute approximate surface area is 172 Å². The molecule has 28 heavy (non-hydrogen) atoms. The van der Waals surface area contributed by atoms with Crippen molar-refractivity contribution in [3.8, 4) is 0 Å². The van der Waals surface area contributed by atoms with Crippen LogP contribution < -0.4 is 5.32 Å². The molecule has 5 atom stereocenters. The van der Waals surface area contributed by atoms with Gasteiger partial charge >= 0.3 is 0 Å². The lowest BCUT2D eigenvalue weighted by Gasteiger charge is -2.23. The first-order chi connectivity index (χ1) is 13.4. The third-order valence-corrected chi connectivity index (χ3v) is 6.43. The highest BCUT2D eigenvalue weighted by Crippen LogP contribution is 2.67. The Balaban J connectivity index is 1.57. The molecule has 2 aromatic heterocycles. The molecular formula is C18H17FIN5O3. The van der Waals surface area contributed by atoms with E-state index in [1.165, 1.54) is 12.1 Å². The van der Waals surface area contributed by atoms with Crippen LogP contribution in [0.2, 0.25) is 0 Å². The first kappa shape index (κ1) is 18.2. The molecule has 0 aliphatic heterocycles. The number of hydrogen-bond donors (Lipinski definition) is 4. The second-order valence-electron chi connectivity index (χ2n) is 7.43. The summed E-state index contributed by atoms with van der Waals surface area (Å²) in [7, 11) is 0. The Bertz CT molecular complexity index is 1080. The van der Waals surface area contributed by atoms with Gasteiger partial charge < -0.3 is 25.2 Å². The van der Waals surface area contributed by atoms with E-state index in [-0.39, 0.29) is 18.3 Å². The van der Waals surface area contributed by atoms with Crippen LogP contribution in [0.3, 0.4) is 0 Å². The van der Waals surface area contributed by atoms with Crippen LogP contribution in [0.15, 0.2) is 30.6 Å². The van der Waals surface area contributed by atoms with Crippen LogP contribution in [-0.2, 0) is 0 Å². The maximum absolute atomic E-state index is 13.5. The van der Waals surface area contributed by atoms with Gasteiger partial charge in [0.15, 0.2) is 20.8 Å². The summed E-state index contributed by atoms with van der Waals surface area (Å²) in [6, 6.07) is 5.60. The third-order valence-electron chi connectivity index (χ3n) is 5.95. The number of aromatic nitrogens is 4. The molecule has 4 N–H and O–H groups in total. The van der Waals surface area contributed by atoms with Gasteiger partial charge in [-0.25, -0.2) is 19.3 Å². The van der Waals surface area contributed by atoms with Gasteiger partial charge in [0.05, 0.1) is 25.1 Å². The normalized spacial score (nSPS) is 31.2. The summed E-state index contributed by atoms with van der Waals surface area (Å²) < 4.78 is 15.7. The van der Waals surface area contributed by atoms with E-state index in [1.807, 2.05) is 22.6 Å². The number of nitrogens with zero attached hydrogens (tertiary/aromatic N) is 4. The van der Waals surface area contributed by atoms with Crippen LogP contribution >= 0.6 is 22.6 Å². The third kappa shape index (κ3) is 2.55. The van der Waals surface area contributed by atoms with E-state index >= 15 is 0 Å². The molecule has 1 aromatic carbocycles. The van der Waals surface area contributed by atoms with E-state index in [2.05, 4.69) is 20.3 Å². The highest BCUT2D eigenvalue weighted by molar-refractivity contribution is 14.1. The maximum Gasteiger partial charge on any atom is 0.194 e. The molecule has 3 aromatic rings.